The largest absolute Gasteiger partial charge is 0.372 e. The lowest BCUT2D eigenvalue weighted by molar-refractivity contribution is -0.142. The Hall–Kier alpha value is -0.290. The van der Waals surface area contributed by atoms with Crippen LogP contribution in [0.1, 0.15) is 34.1 Å². The van der Waals surface area contributed by atoms with Crippen molar-refractivity contribution in [1.82, 2.24) is 9.80 Å². The zero-order chi connectivity index (χ0) is 18.1. The van der Waals surface area contributed by atoms with Crippen molar-refractivity contribution < 1.29 is 9.53 Å². The number of hydrogen-bond donors (Lipinski definition) is 0. The van der Waals surface area contributed by atoms with Crippen molar-refractivity contribution in [3.05, 3.63) is 10.6 Å². The van der Waals surface area contributed by atoms with Crippen LogP contribution in [0.15, 0.2) is 10.6 Å². The number of ether oxygens (including phenoxy) is 1. The molecule has 2 aliphatic heterocycles. The van der Waals surface area contributed by atoms with Crippen LogP contribution in [0.4, 0.5) is 0 Å². The van der Waals surface area contributed by atoms with E-state index in [1.54, 1.807) is 7.11 Å². The zero-order valence-electron chi connectivity index (χ0n) is 15.4. The van der Waals surface area contributed by atoms with Gasteiger partial charge in [0.1, 0.15) is 10.6 Å². The molecule has 0 N–H and O–H groups in total. The molecule has 138 valence electrons. The van der Waals surface area contributed by atoms with E-state index in [2.05, 4.69) is 32.6 Å². The van der Waals surface area contributed by atoms with Crippen molar-refractivity contribution >= 4 is 29.1 Å². The molecular weight excluding hydrogens is 347 g/mol. The standard InChI is InChI=1S/C18H30Cl2N2O2/c1-13(2)8-14(24-5)16(23)22-11-17(3)9-21(7-6-15(19)20)10-18(17,4)12-22/h6,13-14H,7-12H2,1-5H3/t14?,17-,18+. The predicted octanol–water partition coefficient (Wildman–Crippen LogP) is 3.54. The van der Waals surface area contributed by atoms with Gasteiger partial charge in [0.2, 0.25) is 0 Å². The molecule has 2 fully saturated rings. The molecule has 0 aromatic carbocycles. The van der Waals surface area contributed by atoms with E-state index in [-0.39, 0.29) is 22.8 Å². The molecule has 4 nitrogen and oxygen atoms in total. The van der Waals surface area contributed by atoms with Crippen molar-refractivity contribution in [2.45, 2.75) is 40.2 Å². The first kappa shape index (κ1) is 20.0. The van der Waals surface area contributed by atoms with Gasteiger partial charge in [-0.3, -0.25) is 9.69 Å². The highest BCUT2D eigenvalue weighted by molar-refractivity contribution is 6.55. The Kier molecular flexibility index (Phi) is 6.28. The summed E-state index contributed by atoms with van der Waals surface area (Å²) < 4.78 is 5.79. The quantitative estimate of drug-likeness (QED) is 0.710. The van der Waals surface area contributed by atoms with E-state index >= 15 is 0 Å². The fourth-order valence-electron chi connectivity index (χ4n) is 4.22. The molecule has 0 saturated carbocycles. The van der Waals surface area contributed by atoms with Gasteiger partial charge in [-0.05, 0) is 18.4 Å². The van der Waals surface area contributed by atoms with Gasteiger partial charge in [-0.1, -0.05) is 50.9 Å². The van der Waals surface area contributed by atoms with Gasteiger partial charge >= 0.3 is 0 Å². The topological polar surface area (TPSA) is 32.8 Å². The monoisotopic (exact) mass is 376 g/mol. The number of carbonyl (C=O) groups excluding carboxylic acids is 1. The van der Waals surface area contributed by atoms with Gasteiger partial charge in [-0.2, -0.15) is 0 Å². The number of likely N-dealkylation sites (tertiary alicyclic amines) is 2. The molecule has 1 amide bonds. The van der Waals surface area contributed by atoms with Crippen LogP contribution < -0.4 is 0 Å². The molecule has 2 aliphatic rings. The summed E-state index contributed by atoms with van der Waals surface area (Å²) in [5, 5.41) is 0. The average molecular weight is 377 g/mol. The third-order valence-corrected chi connectivity index (χ3v) is 6.05. The highest BCUT2D eigenvalue weighted by Gasteiger charge is 2.58. The van der Waals surface area contributed by atoms with E-state index in [0.29, 0.717) is 10.4 Å². The molecule has 1 unspecified atom stereocenters. The molecule has 2 saturated heterocycles. The molecule has 2 heterocycles. The van der Waals surface area contributed by atoms with E-state index < -0.39 is 0 Å². The molecule has 24 heavy (non-hydrogen) atoms. The van der Waals surface area contributed by atoms with E-state index in [9.17, 15) is 4.79 Å². The second-order valence-corrected chi connectivity index (χ2v) is 9.34. The third kappa shape index (κ3) is 4.09. The zero-order valence-corrected chi connectivity index (χ0v) is 17.0. The van der Waals surface area contributed by atoms with Crippen molar-refractivity contribution in [1.29, 1.82) is 0 Å². The molecule has 0 spiro atoms. The molecule has 0 aromatic heterocycles. The molecule has 0 aliphatic carbocycles. The molecule has 0 aromatic rings. The van der Waals surface area contributed by atoms with Gasteiger partial charge in [0.25, 0.3) is 5.91 Å². The fraction of sp³-hybridized carbons (Fsp3) is 0.833. The summed E-state index contributed by atoms with van der Waals surface area (Å²) in [6.07, 6.45) is 2.28. The highest BCUT2D eigenvalue weighted by Crippen LogP contribution is 2.51. The van der Waals surface area contributed by atoms with Crippen LogP contribution in [-0.4, -0.2) is 61.6 Å². The van der Waals surface area contributed by atoms with Gasteiger partial charge in [-0.25, -0.2) is 0 Å². The van der Waals surface area contributed by atoms with E-state index in [1.165, 1.54) is 0 Å². The maximum absolute atomic E-state index is 12.9. The first-order valence-corrected chi connectivity index (χ1v) is 9.41. The summed E-state index contributed by atoms with van der Waals surface area (Å²) in [6, 6.07) is 0. The number of fused-ring (bicyclic) bond motifs is 1. The van der Waals surface area contributed by atoms with Crippen LogP contribution >= 0.6 is 23.2 Å². The van der Waals surface area contributed by atoms with Gasteiger partial charge in [0.15, 0.2) is 0 Å². The lowest BCUT2D eigenvalue weighted by Gasteiger charge is -2.30. The Morgan fingerprint density at radius 1 is 1.17 bits per heavy atom. The molecule has 0 bridgehead atoms. The normalized spacial score (nSPS) is 31.4. The van der Waals surface area contributed by atoms with E-state index in [1.807, 2.05) is 11.0 Å². The van der Waals surface area contributed by atoms with Crippen LogP contribution in [0, 0.1) is 16.7 Å². The van der Waals surface area contributed by atoms with Crippen molar-refractivity contribution in [2.75, 3.05) is 39.8 Å². The number of nitrogens with zero attached hydrogens (tertiary/aromatic N) is 2. The summed E-state index contributed by atoms with van der Waals surface area (Å²) in [5.74, 6) is 0.577. The second kappa shape index (κ2) is 7.53. The lowest BCUT2D eigenvalue weighted by atomic mass is 9.71. The second-order valence-electron chi connectivity index (χ2n) is 8.33. The summed E-state index contributed by atoms with van der Waals surface area (Å²) in [5.41, 5.74) is 0.177. The van der Waals surface area contributed by atoms with Crippen molar-refractivity contribution in [3.63, 3.8) is 0 Å². The van der Waals surface area contributed by atoms with Gasteiger partial charge in [0.05, 0.1) is 0 Å². The van der Waals surface area contributed by atoms with Gasteiger partial charge < -0.3 is 9.64 Å². The first-order valence-electron chi connectivity index (χ1n) is 8.65. The van der Waals surface area contributed by atoms with Crippen molar-refractivity contribution in [3.8, 4) is 0 Å². The highest BCUT2D eigenvalue weighted by atomic mass is 35.5. The van der Waals surface area contributed by atoms with E-state index in [0.717, 1.165) is 39.1 Å². The molecule has 6 heteroatoms. The molecule has 3 atom stereocenters. The maximum atomic E-state index is 12.9. The lowest BCUT2D eigenvalue weighted by Crippen LogP contribution is -2.42. The Morgan fingerprint density at radius 2 is 1.71 bits per heavy atom. The van der Waals surface area contributed by atoms with Crippen LogP contribution in [-0.2, 0) is 9.53 Å². The molecule has 2 rings (SSSR count). The summed E-state index contributed by atoms with van der Waals surface area (Å²) >= 11 is 11.5. The minimum atomic E-state index is -0.329. The Bertz CT molecular complexity index is 487. The summed E-state index contributed by atoms with van der Waals surface area (Å²) in [7, 11) is 1.63. The maximum Gasteiger partial charge on any atom is 0.251 e. The molecular formula is C18H30Cl2N2O2. The Morgan fingerprint density at radius 3 is 2.12 bits per heavy atom. The van der Waals surface area contributed by atoms with E-state index in [4.69, 9.17) is 27.9 Å². The average Bonchev–Trinajstić information content (AvgIpc) is 2.86. The van der Waals surface area contributed by atoms with Crippen LogP contribution in [0.5, 0.6) is 0 Å². The number of halogens is 2. The van der Waals surface area contributed by atoms with Crippen molar-refractivity contribution in [2.24, 2.45) is 16.7 Å². The predicted molar refractivity (Wildman–Crippen MR) is 99.3 cm³/mol. The van der Waals surface area contributed by atoms with Gasteiger partial charge in [0, 0.05) is 50.7 Å². The summed E-state index contributed by atoms with van der Waals surface area (Å²) in [6.45, 7) is 13.0. The van der Waals surface area contributed by atoms with Crippen LogP contribution in [0.3, 0.4) is 0 Å². The smallest absolute Gasteiger partial charge is 0.251 e. The summed E-state index contributed by atoms with van der Waals surface area (Å²) in [4.78, 5) is 17.2. The minimum Gasteiger partial charge on any atom is -0.372 e. The third-order valence-electron chi connectivity index (χ3n) is 5.74. The fourth-order valence-corrected chi connectivity index (χ4v) is 4.36. The van der Waals surface area contributed by atoms with Gasteiger partial charge in [-0.15, -0.1) is 0 Å². The Balaban J connectivity index is 2.04. The minimum absolute atomic E-state index is 0.0887. The molecule has 0 radical (unpaired) electrons. The Labute approximate surface area is 156 Å². The first-order chi connectivity index (χ1) is 11.1. The van der Waals surface area contributed by atoms with Crippen LogP contribution in [0.2, 0.25) is 0 Å². The number of hydrogen-bond acceptors (Lipinski definition) is 3. The number of methoxy groups -OCH3 is 1. The number of rotatable bonds is 6. The number of amides is 1. The van der Waals surface area contributed by atoms with Crippen LogP contribution in [0.25, 0.3) is 0 Å². The SMILES string of the molecule is COC(CC(C)C)C(=O)N1C[C@]2(C)CN(CC=C(Cl)Cl)C[C@]2(C)C1. The number of carbonyl (C=O) groups is 1.